The first kappa shape index (κ1) is 7.18. The van der Waals surface area contributed by atoms with E-state index in [-0.39, 0.29) is 0 Å². The molecule has 0 saturated carbocycles. The zero-order valence-corrected chi connectivity index (χ0v) is 5.71. The van der Waals surface area contributed by atoms with Crippen LogP contribution in [0.15, 0.2) is 23.5 Å². The molecule has 0 N–H and O–H groups in total. The average molecular weight is 132 g/mol. The highest BCUT2D eigenvalue weighted by Crippen LogP contribution is 1.98. The van der Waals surface area contributed by atoms with Gasteiger partial charge in [0.25, 0.3) is 0 Å². The van der Waals surface area contributed by atoms with E-state index in [1.165, 1.54) is 0 Å². The summed E-state index contributed by atoms with van der Waals surface area (Å²) in [4.78, 5) is 0. The number of rotatable bonds is 3. The molecule has 40 valence electrons. The lowest BCUT2D eigenvalue weighted by Crippen LogP contribution is -1.59. The highest BCUT2D eigenvalue weighted by atomic mass is 32.2. The second-order valence-corrected chi connectivity index (χ2v) is 2.18. The minimum Gasteiger partial charge on any atom is -0.152 e. The van der Waals surface area contributed by atoms with Crippen LogP contribution >= 0.6 is 24.4 Å². The number of thiol groups is 1. The highest BCUT2D eigenvalue weighted by Gasteiger charge is 1.68. The summed E-state index contributed by atoms with van der Waals surface area (Å²) in [5.41, 5.74) is 0. The molecule has 0 bridgehead atoms. The highest BCUT2D eigenvalue weighted by molar-refractivity contribution is 8.02. The van der Waals surface area contributed by atoms with Crippen LogP contribution in [0.25, 0.3) is 0 Å². The molecule has 0 aromatic rings. The summed E-state index contributed by atoms with van der Waals surface area (Å²) < 4.78 is 0. The van der Waals surface area contributed by atoms with E-state index in [0.29, 0.717) is 0 Å². The molecule has 0 aliphatic carbocycles. The third kappa shape index (κ3) is 6.18. The van der Waals surface area contributed by atoms with Gasteiger partial charge in [0.2, 0.25) is 0 Å². The topological polar surface area (TPSA) is 0 Å². The van der Waals surface area contributed by atoms with Gasteiger partial charge in [0, 0.05) is 5.75 Å². The van der Waals surface area contributed by atoms with Gasteiger partial charge in [0.15, 0.2) is 0 Å². The third-order valence-electron chi connectivity index (χ3n) is 0.416. The van der Waals surface area contributed by atoms with Crippen LogP contribution in [0.2, 0.25) is 0 Å². The maximum absolute atomic E-state index is 3.87. The molecule has 0 aromatic heterocycles. The third-order valence-corrected chi connectivity index (χ3v) is 1.25. The summed E-state index contributed by atoms with van der Waals surface area (Å²) in [5, 5.41) is 3.55. The van der Waals surface area contributed by atoms with Gasteiger partial charge in [-0.3, -0.25) is 0 Å². The molecule has 0 radical (unpaired) electrons. The van der Waals surface area contributed by atoms with Gasteiger partial charge in [-0.25, -0.2) is 0 Å². The monoisotopic (exact) mass is 132 g/mol. The van der Waals surface area contributed by atoms with Crippen molar-refractivity contribution in [2.24, 2.45) is 0 Å². The lowest BCUT2D eigenvalue weighted by atomic mass is 10.8. The molecule has 0 heterocycles. The van der Waals surface area contributed by atoms with E-state index in [9.17, 15) is 0 Å². The van der Waals surface area contributed by atoms with Gasteiger partial charge in [0.05, 0.1) is 0 Å². The Hall–Kier alpha value is 0.180. The minimum atomic E-state index is 0.979. The summed E-state index contributed by atoms with van der Waals surface area (Å²) in [5.74, 6) is 0.979. The van der Waals surface area contributed by atoms with E-state index in [0.717, 1.165) is 5.75 Å². The van der Waals surface area contributed by atoms with Gasteiger partial charge in [-0.2, -0.15) is 12.6 Å². The number of hydrogen-bond donors (Lipinski definition) is 1. The molecule has 0 aromatic carbocycles. The Morgan fingerprint density at radius 2 is 2.43 bits per heavy atom. The van der Waals surface area contributed by atoms with Crippen molar-refractivity contribution in [3.8, 4) is 0 Å². The van der Waals surface area contributed by atoms with Crippen molar-refractivity contribution in [2.45, 2.75) is 0 Å². The molecule has 2 heteroatoms. The Kier molecular flexibility index (Phi) is 6.34. The number of thioether (sulfide) groups is 1. The largest absolute Gasteiger partial charge is 0.152 e. The predicted molar refractivity (Wildman–Crippen MR) is 40.8 cm³/mol. The fraction of sp³-hybridized carbons (Fsp3) is 0.200. The van der Waals surface area contributed by atoms with Gasteiger partial charge in [0.1, 0.15) is 0 Å². The molecule has 0 saturated heterocycles. The quantitative estimate of drug-likeness (QED) is 0.454. The van der Waals surface area contributed by atoms with Crippen LogP contribution in [0.4, 0.5) is 0 Å². The minimum absolute atomic E-state index is 0.979. The maximum atomic E-state index is 3.87. The van der Waals surface area contributed by atoms with Crippen molar-refractivity contribution < 1.29 is 0 Å². The van der Waals surface area contributed by atoms with Crippen LogP contribution in [0, 0.1) is 0 Å². The van der Waals surface area contributed by atoms with Gasteiger partial charge < -0.3 is 0 Å². The zero-order valence-electron chi connectivity index (χ0n) is 4.00. The average Bonchev–Trinajstić information content (AvgIpc) is 1.69. The summed E-state index contributed by atoms with van der Waals surface area (Å²) >= 11 is 5.53. The zero-order chi connectivity index (χ0) is 5.54. The van der Waals surface area contributed by atoms with Crippen molar-refractivity contribution in [3.63, 3.8) is 0 Å². The van der Waals surface area contributed by atoms with E-state index < -0.39 is 0 Å². The number of hydrogen-bond acceptors (Lipinski definition) is 2. The molecule has 0 unspecified atom stereocenters. The van der Waals surface area contributed by atoms with Gasteiger partial charge in [-0.1, -0.05) is 12.7 Å². The van der Waals surface area contributed by atoms with Crippen LogP contribution in [-0.4, -0.2) is 5.75 Å². The molecule has 7 heavy (non-hydrogen) atoms. The van der Waals surface area contributed by atoms with E-state index in [4.69, 9.17) is 0 Å². The lowest BCUT2D eigenvalue weighted by Gasteiger charge is -1.79. The van der Waals surface area contributed by atoms with Gasteiger partial charge >= 0.3 is 0 Å². The SMILES string of the molecule is C=CSCC=CS. The molecular formula is C5H8S2. The fourth-order valence-electron chi connectivity index (χ4n) is 0.167. The first-order valence-electron chi connectivity index (χ1n) is 1.93. The van der Waals surface area contributed by atoms with Crippen LogP contribution in [-0.2, 0) is 0 Å². The Balaban J connectivity index is 2.82. The molecule has 0 aliphatic heterocycles. The predicted octanol–water partition coefficient (Wildman–Crippen LogP) is 2.31. The molecule has 0 rings (SSSR count). The fourth-order valence-corrected chi connectivity index (χ4v) is 0.758. The molecule has 0 fully saturated rings. The Bertz CT molecular complexity index is 66.5. The van der Waals surface area contributed by atoms with Crippen molar-refractivity contribution >= 4 is 24.4 Å². The second kappa shape index (κ2) is 6.18. The summed E-state index contributed by atoms with van der Waals surface area (Å²) in [6.07, 6.45) is 1.97. The molecule has 0 spiro atoms. The molecule has 0 aliphatic rings. The summed E-state index contributed by atoms with van der Waals surface area (Å²) in [7, 11) is 0. The van der Waals surface area contributed by atoms with Crippen molar-refractivity contribution in [2.75, 3.05) is 5.75 Å². The van der Waals surface area contributed by atoms with E-state index in [1.54, 1.807) is 17.2 Å². The molecule has 0 nitrogen and oxygen atoms in total. The molecular weight excluding hydrogens is 124 g/mol. The van der Waals surface area contributed by atoms with Crippen LogP contribution < -0.4 is 0 Å². The van der Waals surface area contributed by atoms with Gasteiger partial charge in [-0.15, -0.1) is 11.8 Å². The summed E-state index contributed by atoms with van der Waals surface area (Å²) in [6, 6.07) is 0. The van der Waals surface area contributed by atoms with Crippen LogP contribution in [0.3, 0.4) is 0 Å². The lowest BCUT2D eigenvalue weighted by molar-refractivity contribution is 1.82. The van der Waals surface area contributed by atoms with Crippen LogP contribution in [0.5, 0.6) is 0 Å². The van der Waals surface area contributed by atoms with E-state index in [2.05, 4.69) is 19.2 Å². The molecule has 0 amide bonds. The van der Waals surface area contributed by atoms with Crippen LogP contribution in [0.1, 0.15) is 0 Å². The second-order valence-electron chi connectivity index (χ2n) is 0.885. The Labute approximate surface area is 54.1 Å². The van der Waals surface area contributed by atoms with Crippen molar-refractivity contribution in [1.82, 2.24) is 0 Å². The van der Waals surface area contributed by atoms with Crippen molar-refractivity contribution in [1.29, 1.82) is 0 Å². The summed E-state index contributed by atoms with van der Waals surface area (Å²) in [6.45, 7) is 3.54. The van der Waals surface area contributed by atoms with E-state index >= 15 is 0 Å². The van der Waals surface area contributed by atoms with Gasteiger partial charge in [-0.05, 0) is 10.8 Å². The standard InChI is InChI=1S/C5H8S2/c1-2-7-5-3-4-6/h2-4,6H,1,5H2. The Morgan fingerprint density at radius 1 is 1.71 bits per heavy atom. The maximum Gasteiger partial charge on any atom is 0.0162 e. The van der Waals surface area contributed by atoms with E-state index in [1.807, 2.05) is 11.5 Å². The first-order chi connectivity index (χ1) is 3.41. The molecule has 0 atom stereocenters. The first-order valence-corrected chi connectivity index (χ1v) is 3.50. The van der Waals surface area contributed by atoms with Crippen molar-refractivity contribution in [3.05, 3.63) is 23.5 Å². The Morgan fingerprint density at radius 3 is 2.86 bits per heavy atom. The smallest absolute Gasteiger partial charge is 0.0162 e. The normalized spacial score (nSPS) is 9.86.